The third kappa shape index (κ3) is 5.62. The highest BCUT2D eigenvalue weighted by molar-refractivity contribution is 7.89. The molecular weight excluding hydrogens is 379 g/mol. The highest BCUT2D eigenvalue weighted by Crippen LogP contribution is 2.24. The molecule has 7 heteroatoms. The van der Waals surface area contributed by atoms with Gasteiger partial charge in [0.2, 0.25) is 15.9 Å². The fraction of sp³-hybridized carbons (Fsp3) is 0.381. The molecule has 0 atom stereocenters. The van der Waals surface area contributed by atoms with Gasteiger partial charge in [0.1, 0.15) is 5.82 Å². The molecule has 0 saturated heterocycles. The smallest absolute Gasteiger partial charge is 0.240 e. The summed E-state index contributed by atoms with van der Waals surface area (Å²) in [5, 5.41) is 2.75. The van der Waals surface area contributed by atoms with Crippen molar-refractivity contribution in [1.29, 1.82) is 0 Å². The Labute approximate surface area is 165 Å². The van der Waals surface area contributed by atoms with Crippen molar-refractivity contribution in [3.63, 3.8) is 0 Å². The van der Waals surface area contributed by atoms with Crippen LogP contribution in [0, 0.1) is 5.82 Å². The Morgan fingerprint density at radius 1 is 0.964 bits per heavy atom. The molecule has 0 saturated carbocycles. The SMILES string of the molecule is O=C(CCNS(=O)(=O)c1ccc2c(c1)CCCC2)NCCc1ccc(F)cc1. The summed E-state index contributed by atoms with van der Waals surface area (Å²) in [6, 6.07) is 11.4. The molecule has 0 bridgehead atoms. The normalized spacial score (nSPS) is 13.8. The van der Waals surface area contributed by atoms with Gasteiger partial charge in [-0.1, -0.05) is 18.2 Å². The lowest BCUT2D eigenvalue weighted by atomic mass is 9.92. The molecule has 150 valence electrons. The maximum Gasteiger partial charge on any atom is 0.240 e. The summed E-state index contributed by atoms with van der Waals surface area (Å²) in [7, 11) is -3.62. The van der Waals surface area contributed by atoms with Crippen LogP contribution in [-0.4, -0.2) is 27.4 Å². The lowest BCUT2D eigenvalue weighted by molar-refractivity contribution is -0.120. The van der Waals surface area contributed by atoms with Crippen LogP contribution in [0.15, 0.2) is 47.4 Å². The Morgan fingerprint density at radius 3 is 2.43 bits per heavy atom. The van der Waals surface area contributed by atoms with E-state index in [1.807, 2.05) is 6.07 Å². The van der Waals surface area contributed by atoms with Crippen molar-refractivity contribution in [1.82, 2.24) is 10.0 Å². The van der Waals surface area contributed by atoms with Crippen LogP contribution >= 0.6 is 0 Å². The number of carbonyl (C=O) groups excluding carboxylic acids is 1. The lowest BCUT2D eigenvalue weighted by Gasteiger charge is -2.16. The van der Waals surface area contributed by atoms with Crippen LogP contribution < -0.4 is 10.0 Å². The molecule has 1 aliphatic carbocycles. The van der Waals surface area contributed by atoms with E-state index in [-0.39, 0.29) is 29.6 Å². The highest BCUT2D eigenvalue weighted by Gasteiger charge is 2.17. The average Bonchev–Trinajstić information content (AvgIpc) is 2.69. The number of halogens is 1. The maximum atomic E-state index is 12.9. The summed E-state index contributed by atoms with van der Waals surface area (Å²) < 4.78 is 40.3. The third-order valence-electron chi connectivity index (χ3n) is 4.92. The largest absolute Gasteiger partial charge is 0.356 e. The van der Waals surface area contributed by atoms with E-state index in [0.29, 0.717) is 13.0 Å². The van der Waals surface area contributed by atoms with Gasteiger partial charge in [0, 0.05) is 19.5 Å². The van der Waals surface area contributed by atoms with E-state index in [2.05, 4.69) is 10.0 Å². The monoisotopic (exact) mass is 404 g/mol. The molecule has 0 fully saturated rings. The fourth-order valence-electron chi connectivity index (χ4n) is 3.34. The predicted octanol–water partition coefficient (Wildman–Crippen LogP) is 2.73. The molecule has 2 aromatic carbocycles. The Bertz CT molecular complexity index is 927. The number of hydrogen-bond donors (Lipinski definition) is 2. The van der Waals surface area contributed by atoms with E-state index in [1.165, 1.54) is 17.7 Å². The minimum Gasteiger partial charge on any atom is -0.356 e. The Hall–Kier alpha value is -2.25. The summed E-state index contributed by atoms with van der Waals surface area (Å²) >= 11 is 0. The summed E-state index contributed by atoms with van der Waals surface area (Å²) in [6.45, 7) is 0.462. The van der Waals surface area contributed by atoms with Crippen molar-refractivity contribution >= 4 is 15.9 Å². The van der Waals surface area contributed by atoms with Gasteiger partial charge in [-0.2, -0.15) is 0 Å². The Balaban J connectivity index is 1.43. The third-order valence-corrected chi connectivity index (χ3v) is 6.38. The van der Waals surface area contributed by atoms with Crippen molar-refractivity contribution in [3.8, 4) is 0 Å². The average molecular weight is 405 g/mol. The number of rotatable bonds is 8. The molecule has 5 nitrogen and oxygen atoms in total. The van der Waals surface area contributed by atoms with E-state index >= 15 is 0 Å². The van der Waals surface area contributed by atoms with Crippen LogP contribution in [0.4, 0.5) is 4.39 Å². The van der Waals surface area contributed by atoms with E-state index < -0.39 is 10.0 Å². The molecule has 0 aliphatic heterocycles. The van der Waals surface area contributed by atoms with Gasteiger partial charge in [-0.15, -0.1) is 0 Å². The number of fused-ring (bicyclic) bond motifs is 1. The molecule has 0 radical (unpaired) electrons. The minimum absolute atomic E-state index is 0.0435. The van der Waals surface area contributed by atoms with Crippen LogP contribution in [-0.2, 0) is 34.1 Å². The number of carbonyl (C=O) groups is 1. The summed E-state index contributed by atoms with van der Waals surface area (Å²) in [4.78, 5) is 12.1. The second-order valence-electron chi connectivity index (χ2n) is 7.01. The van der Waals surface area contributed by atoms with Crippen molar-refractivity contribution in [2.75, 3.05) is 13.1 Å². The van der Waals surface area contributed by atoms with E-state index in [0.717, 1.165) is 36.8 Å². The van der Waals surface area contributed by atoms with Gasteiger partial charge < -0.3 is 5.32 Å². The van der Waals surface area contributed by atoms with Crippen molar-refractivity contribution in [2.45, 2.75) is 43.4 Å². The van der Waals surface area contributed by atoms with Gasteiger partial charge in [0.25, 0.3) is 0 Å². The molecule has 1 aliphatic rings. The van der Waals surface area contributed by atoms with E-state index in [1.54, 1.807) is 24.3 Å². The highest BCUT2D eigenvalue weighted by atomic mass is 32.2. The molecule has 1 amide bonds. The first-order chi connectivity index (χ1) is 13.4. The van der Waals surface area contributed by atoms with E-state index in [9.17, 15) is 17.6 Å². The number of aryl methyl sites for hydroxylation is 2. The Kier molecular flexibility index (Phi) is 6.80. The zero-order valence-electron chi connectivity index (χ0n) is 15.7. The molecule has 0 spiro atoms. The fourth-order valence-corrected chi connectivity index (χ4v) is 4.43. The second-order valence-corrected chi connectivity index (χ2v) is 8.78. The molecule has 0 unspecified atom stereocenters. The van der Waals surface area contributed by atoms with Gasteiger partial charge in [-0.3, -0.25) is 4.79 Å². The quantitative estimate of drug-likeness (QED) is 0.710. The number of amides is 1. The summed E-state index contributed by atoms with van der Waals surface area (Å²) in [5.74, 6) is -0.519. The van der Waals surface area contributed by atoms with Gasteiger partial charge in [0.15, 0.2) is 0 Å². The number of hydrogen-bond acceptors (Lipinski definition) is 3. The summed E-state index contributed by atoms with van der Waals surface area (Å²) in [6.07, 6.45) is 4.80. The maximum absolute atomic E-state index is 12.9. The van der Waals surface area contributed by atoms with Crippen molar-refractivity contribution in [2.24, 2.45) is 0 Å². The first kappa shape index (κ1) is 20.5. The lowest BCUT2D eigenvalue weighted by Crippen LogP contribution is -2.31. The van der Waals surface area contributed by atoms with Crippen LogP contribution in [0.3, 0.4) is 0 Å². The molecule has 0 heterocycles. The predicted molar refractivity (Wildman–Crippen MR) is 106 cm³/mol. The molecular formula is C21H25FN2O3S. The van der Waals surface area contributed by atoms with Gasteiger partial charge in [-0.25, -0.2) is 17.5 Å². The van der Waals surface area contributed by atoms with Crippen molar-refractivity contribution in [3.05, 3.63) is 65.0 Å². The summed E-state index contributed by atoms with van der Waals surface area (Å²) in [5.41, 5.74) is 3.26. The number of benzene rings is 2. The molecule has 2 N–H and O–H groups in total. The topological polar surface area (TPSA) is 75.3 Å². The standard InChI is InChI=1S/C21H25FN2O3S/c22-19-8-5-16(6-9-19)11-13-23-21(25)12-14-24-28(26,27)20-10-7-17-3-1-2-4-18(17)15-20/h5-10,15,24H,1-4,11-14H2,(H,23,25). The van der Waals surface area contributed by atoms with Gasteiger partial charge in [-0.05, 0) is 73.1 Å². The minimum atomic E-state index is -3.62. The van der Waals surface area contributed by atoms with Gasteiger partial charge >= 0.3 is 0 Å². The van der Waals surface area contributed by atoms with Crippen LogP contribution in [0.1, 0.15) is 36.0 Å². The van der Waals surface area contributed by atoms with E-state index in [4.69, 9.17) is 0 Å². The first-order valence-electron chi connectivity index (χ1n) is 9.57. The molecule has 2 aromatic rings. The van der Waals surface area contributed by atoms with Crippen LogP contribution in [0.5, 0.6) is 0 Å². The van der Waals surface area contributed by atoms with Crippen LogP contribution in [0.2, 0.25) is 0 Å². The van der Waals surface area contributed by atoms with Crippen molar-refractivity contribution < 1.29 is 17.6 Å². The number of sulfonamides is 1. The van der Waals surface area contributed by atoms with Crippen LogP contribution in [0.25, 0.3) is 0 Å². The zero-order chi connectivity index (χ0) is 20.0. The molecule has 28 heavy (non-hydrogen) atoms. The first-order valence-corrected chi connectivity index (χ1v) is 11.0. The number of nitrogens with one attached hydrogen (secondary N) is 2. The van der Waals surface area contributed by atoms with Gasteiger partial charge in [0.05, 0.1) is 4.90 Å². The second kappa shape index (κ2) is 9.30. The Morgan fingerprint density at radius 2 is 1.68 bits per heavy atom. The molecule has 3 rings (SSSR count). The molecule has 0 aromatic heterocycles. The zero-order valence-corrected chi connectivity index (χ0v) is 16.5.